The van der Waals surface area contributed by atoms with Crippen LogP contribution in [-0.2, 0) is 0 Å². The predicted molar refractivity (Wildman–Crippen MR) is 98.2 cm³/mol. The average Bonchev–Trinajstić information content (AvgIpc) is 2.58. The Morgan fingerprint density at radius 1 is 1.04 bits per heavy atom. The van der Waals surface area contributed by atoms with Crippen molar-refractivity contribution in [3.8, 4) is 5.75 Å². The van der Waals surface area contributed by atoms with Gasteiger partial charge in [0.05, 0.1) is 24.0 Å². The molecule has 1 N–H and O–H groups in total. The van der Waals surface area contributed by atoms with Gasteiger partial charge in [-0.1, -0.05) is 53.5 Å². The summed E-state index contributed by atoms with van der Waals surface area (Å²) >= 11 is 12.1. The monoisotopic (exact) mass is 344 g/mol. The highest BCUT2D eigenvalue weighted by Crippen LogP contribution is 2.27. The minimum atomic E-state index is 0.552. The van der Waals surface area contributed by atoms with Gasteiger partial charge >= 0.3 is 0 Å². The summed E-state index contributed by atoms with van der Waals surface area (Å²) in [5.74, 6) is 0.756. The zero-order valence-electron chi connectivity index (χ0n) is 12.4. The van der Waals surface area contributed by atoms with Gasteiger partial charge in [-0.3, -0.25) is 5.43 Å². The van der Waals surface area contributed by atoms with Crippen molar-refractivity contribution >= 4 is 45.9 Å². The van der Waals surface area contributed by atoms with E-state index in [1.54, 1.807) is 31.5 Å². The van der Waals surface area contributed by atoms with Crippen LogP contribution in [0.25, 0.3) is 10.8 Å². The number of ether oxygens (including phenoxy) is 1. The van der Waals surface area contributed by atoms with Crippen LogP contribution in [-0.4, -0.2) is 13.3 Å². The van der Waals surface area contributed by atoms with Crippen LogP contribution < -0.4 is 10.2 Å². The lowest BCUT2D eigenvalue weighted by molar-refractivity contribution is 0.415. The molecule has 116 valence electrons. The Morgan fingerprint density at radius 2 is 1.87 bits per heavy atom. The second-order valence-corrected chi connectivity index (χ2v) is 5.74. The van der Waals surface area contributed by atoms with Crippen molar-refractivity contribution in [3.63, 3.8) is 0 Å². The number of hydrazone groups is 1. The number of benzene rings is 3. The molecule has 3 aromatic rings. The molecule has 0 heterocycles. The number of nitrogens with one attached hydrogen (secondary N) is 1. The molecule has 0 atom stereocenters. The SMILES string of the molecule is COc1ccc2ccccc2c1/C=N/Nc1cc(Cl)ccc1Cl. The van der Waals surface area contributed by atoms with E-state index in [-0.39, 0.29) is 0 Å². The van der Waals surface area contributed by atoms with Crippen LogP contribution in [0.2, 0.25) is 10.0 Å². The molecule has 23 heavy (non-hydrogen) atoms. The van der Waals surface area contributed by atoms with Crippen molar-refractivity contribution in [2.24, 2.45) is 5.10 Å². The molecular formula is C18H14Cl2N2O. The highest BCUT2D eigenvalue weighted by Gasteiger charge is 2.06. The lowest BCUT2D eigenvalue weighted by Crippen LogP contribution is -1.96. The summed E-state index contributed by atoms with van der Waals surface area (Å²) in [6.07, 6.45) is 1.72. The molecule has 0 aliphatic rings. The second-order valence-electron chi connectivity index (χ2n) is 4.90. The molecule has 0 saturated carbocycles. The lowest BCUT2D eigenvalue weighted by atomic mass is 10.0. The summed E-state index contributed by atoms with van der Waals surface area (Å²) in [6, 6.07) is 17.2. The normalized spacial score (nSPS) is 11.1. The van der Waals surface area contributed by atoms with E-state index in [2.05, 4.69) is 10.5 Å². The molecule has 0 bridgehead atoms. The molecule has 0 amide bonds. The third-order valence-electron chi connectivity index (χ3n) is 3.46. The molecule has 0 spiro atoms. The molecule has 5 heteroatoms. The van der Waals surface area contributed by atoms with E-state index in [4.69, 9.17) is 27.9 Å². The molecule has 0 unspecified atom stereocenters. The van der Waals surface area contributed by atoms with Gasteiger partial charge in [0, 0.05) is 10.6 Å². The first kappa shape index (κ1) is 15.7. The van der Waals surface area contributed by atoms with Crippen LogP contribution in [0.1, 0.15) is 5.56 Å². The number of rotatable bonds is 4. The number of halogens is 2. The lowest BCUT2D eigenvalue weighted by Gasteiger charge is -2.09. The van der Waals surface area contributed by atoms with Crippen molar-refractivity contribution in [1.29, 1.82) is 0 Å². The maximum Gasteiger partial charge on any atom is 0.128 e. The van der Waals surface area contributed by atoms with Crippen molar-refractivity contribution < 1.29 is 4.74 Å². The maximum absolute atomic E-state index is 6.11. The van der Waals surface area contributed by atoms with Crippen LogP contribution in [0.5, 0.6) is 5.75 Å². The molecule has 0 aliphatic carbocycles. The molecule has 3 rings (SSSR count). The van der Waals surface area contributed by atoms with Crippen LogP contribution in [0.4, 0.5) is 5.69 Å². The van der Waals surface area contributed by atoms with E-state index < -0.39 is 0 Å². The summed E-state index contributed by atoms with van der Waals surface area (Å²) < 4.78 is 5.43. The third kappa shape index (κ3) is 3.41. The van der Waals surface area contributed by atoms with E-state index in [1.807, 2.05) is 36.4 Å². The molecule has 0 aliphatic heterocycles. The fourth-order valence-electron chi connectivity index (χ4n) is 2.34. The summed E-state index contributed by atoms with van der Waals surface area (Å²) in [7, 11) is 1.64. The highest BCUT2D eigenvalue weighted by atomic mass is 35.5. The summed E-state index contributed by atoms with van der Waals surface area (Å²) in [6.45, 7) is 0. The van der Waals surface area contributed by atoms with Crippen molar-refractivity contribution in [2.75, 3.05) is 12.5 Å². The summed E-state index contributed by atoms with van der Waals surface area (Å²) in [4.78, 5) is 0. The van der Waals surface area contributed by atoms with Gasteiger partial charge in [-0.25, -0.2) is 0 Å². The Bertz CT molecular complexity index is 878. The molecular weight excluding hydrogens is 331 g/mol. The van der Waals surface area contributed by atoms with E-state index in [9.17, 15) is 0 Å². The third-order valence-corrected chi connectivity index (χ3v) is 4.02. The van der Waals surface area contributed by atoms with Crippen LogP contribution in [0, 0.1) is 0 Å². The Morgan fingerprint density at radius 3 is 2.70 bits per heavy atom. The molecule has 0 saturated heterocycles. The second kappa shape index (κ2) is 6.90. The maximum atomic E-state index is 6.11. The zero-order valence-corrected chi connectivity index (χ0v) is 13.9. The number of hydrogen-bond donors (Lipinski definition) is 1. The van der Waals surface area contributed by atoms with Gasteiger partial charge in [-0.05, 0) is 35.0 Å². The highest BCUT2D eigenvalue weighted by molar-refractivity contribution is 6.35. The van der Waals surface area contributed by atoms with Crippen molar-refractivity contribution in [1.82, 2.24) is 0 Å². The van der Waals surface area contributed by atoms with E-state index in [0.717, 1.165) is 22.1 Å². The average molecular weight is 345 g/mol. The van der Waals surface area contributed by atoms with E-state index in [1.165, 1.54) is 0 Å². The van der Waals surface area contributed by atoms with Gasteiger partial charge in [-0.2, -0.15) is 5.10 Å². The van der Waals surface area contributed by atoms with Crippen molar-refractivity contribution in [3.05, 3.63) is 70.2 Å². The zero-order chi connectivity index (χ0) is 16.2. The number of nitrogens with zero attached hydrogens (tertiary/aromatic N) is 1. The van der Waals surface area contributed by atoms with Gasteiger partial charge in [-0.15, -0.1) is 0 Å². The van der Waals surface area contributed by atoms with Gasteiger partial charge in [0.1, 0.15) is 5.75 Å². The molecule has 0 fully saturated rings. The minimum Gasteiger partial charge on any atom is -0.496 e. The Kier molecular flexibility index (Phi) is 4.70. The van der Waals surface area contributed by atoms with Crippen LogP contribution >= 0.6 is 23.2 Å². The molecule has 0 radical (unpaired) electrons. The van der Waals surface area contributed by atoms with Crippen molar-refractivity contribution in [2.45, 2.75) is 0 Å². The first-order valence-corrected chi connectivity index (χ1v) is 7.74. The van der Waals surface area contributed by atoms with Gasteiger partial charge in [0.2, 0.25) is 0 Å². The number of fused-ring (bicyclic) bond motifs is 1. The van der Waals surface area contributed by atoms with Gasteiger partial charge in [0.25, 0.3) is 0 Å². The van der Waals surface area contributed by atoms with Gasteiger partial charge < -0.3 is 4.74 Å². The first-order valence-electron chi connectivity index (χ1n) is 6.99. The van der Waals surface area contributed by atoms with Crippen LogP contribution in [0.3, 0.4) is 0 Å². The molecule has 3 nitrogen and oxygen atoms in total. The largest absolute Gasteiger partial charge is 0.496 e. The number of hydrogen-bond acceptors (Lipinski definition) is 3. The summed E-state index contributed by atoms with van der Waals surface area (Å²) in [5.41, 5.74) is 4.46. The first-order chi connectivity index (χ1) is 11.2. The van der Waals surface area contributed by atoms with Gasteiger partial charge in [0.15, 0.2) is 0 Å². The topological polar surface area (TPSA) is 33.6 Å². The van der Waals surface area contributed by atoms with E-state index >= 15 is 0 Å². The Balaban J connectivity index is 1.95. The number of anilines is 1. The quantitative estimate of drug-likeness (QED) is 0.493. The smallest absolute Gasteiger partial charge is 0.128 e. The summed E-state index contributed by atoms with van der Waals surface area (Å²) in [5, 5.41) is 7.60. The standard InChI is InChI=1S/C18H14Cl2N2O/c1-23-18-9-6-12-4-2-3-5-14(12)15(18)11-21-22-17-10-13(19)7-8-16(17)20/h2-11,22H,1H3/b21-11+. The Hall–Kier alpha value is -2.23. The Labute approximate surface area is 144 Å². The predicted octanol–water partition coefficient (Wildman–Crippen LogP) is 5.60. The van der Waals surface area contributed by atoms with Crippen LogP contribution in [0.15, 0.2) is 59.7 Å². The van der Waals surface area contributed by atoms with E-state index in [0.29, 0.717) is 15.7 Å². The fraction of sp³-hybridized carbons (Fsp3) is 0.0556. The molecule has 3 aromatic carbocycles. The minimum absolute atomic E-state index is 0.552. The fourth-order valence-corrected chi connectivity index (χ4v) is 2.67. The number of methoxy groups -OCH3 is 1. The molecule has 0 aromatic heterocycles.